The molecule has 0 nitrogen and oxygen atoms in total. The van der Waals surface area contributed by atoms with Gasteiger partial charge < -0.3 is 0 Å². The Balaban J connectivity index is 3.24. The molecule has 0 fully saturated rings. The largest absolute Gasteiger partial charge is 0.0654 e. The molecule has 0 heteroatoms. The van der Waals surface area contributed by atoms with Crippen LogP contribution in [0.1, 0.15) is 66.2 Å². The van der Waals surface area contributed by atoms with Crippen molar-refractivity contribution >= 4 is 0 Å². The van der Waals surface area contributed by atoms with Gasteiger partial charge in [0.1, 0.15) is 0 Å². The van der Waals surface area contributed by atoms with Gasteiger partial charge in [0.2, 0.25) is 0 Å². The zero-order valence-electron chi connectivity index (χ0n) is 9.40. The molecule has 0 aliphatic carbocycles. The number of hydrogen-bond donors (Lipinski definition) is 0. The average molecular weight is 170 g/mol. The van der Waals surface area contributed by atoms with Gasteiger partial charge in [-0.1, -0.05) is 66.2 Å². The molecular formula is C12H26. The molecule has 0 aliphatic heterocycles. The summed E-state index contributed by atoms with van der Waals surface area (Å²) >= 11 is 0. The van der Waals surface area contributed by atoms with Crippen LogP contribution in [0.4, 0.5) is 0 Å². The van der Waals surface area contributed by atoms with Gasteiger partial charge in [0, 0.05) is 0 Å². The van der Waals surface area contributed by atoms with E-state index in [1.165, 1.54) is 38.5 Å². The van der Waals surface area contributed by atoms with Gasteiger partial charge in [-0.2, -0.15) is 0 Å². The van der Waals surface area contributed by atoms with Gasteiger partial charge in [-0.15, -0.1) is 0 Å². The Labute approximate surface area is 78.8 Å². The summed E-state index contributed by atoms with van der Waals surface area (Å²) in [4.78, 5) is 0. The lowest BCUT2D eigenvalue weighted by Gasteiger charge is -2.17. The molecule has 0 amide bonds. The summed E-state index contributed by atoms with van der Waals surface area (Å²) in [6, 6.07) is 0. The van der Waals surface area contributed by atoms with Gasteiger partial charge in [-0.3, -0.25) is 0 Å². The van der Waals surface area contributed by atoms with Crippen LogP contribution in [-0.2, 0) is 0 Å². The van der Waals surface area contributed by atoms with E-state index in [-0.39, 0.29) is 0 Å². The molecule has 2 atom stereocenters. The van der Waals surface area contributed by atoms with Crippen LogP contribution in [0.3, 0.4) is 0 Å². The van der Waals surface area contributed by atoms with E-state index in [1.807, 2.05) is 0 Å². The maximum Gasteiger partial charge on any atom is -0.0417 e. The second-order valence-corrected chi connectivity index (χ2v) is 4.21. The van der Waals surface area contributed by atoms with E-state index in [1.54, 1.807) is 0 Å². The van der Waals surface area contributed by atoms with Gasteiger partial charge in [-0.05, 0) is 11.8 Å². The van der Waals surface area contributed by atoms with Crippen LogP contribution >= 0.6 is 0 Å². The Morgan fingerprint density at radius 3 is 2.00 bits per heavy atom. The molecule has 0 heterocycles. The Kier molecular flexibility index (Phi) is 7.64. The first-order valence-electron chi connectivity index (χ1n) is 5.72. The quantitative estimate of drug-likeness (QED) is 0.488. The number of unbranched alkanes of at least 4 members (excludes halogenated alkanes) is 3. The summed E-state index contributed by atoms with van der Waals surface area (Å²) in [5.74, 6) is 1.86. The van der Waals surface area contributed by atoms with Crippen molar-refractivity contribution in [2.24, 2.45) is 11.8 Å². The fourth-order valence-corrected chi connectivity index (χ4v) is 1.58. The van der Waals surface area contributed by atoms with Crippen LogP contribution in [0, 0.1) is 11.8 Å². The second kappa shape index (κ2) is 7.64. The van der Waals surface area contributed by atoms with Crippen molar-refractivity contribution in [3.05, 3.63) is 0 Å². The van der Waals surface area contributed by atoms with Crippen LogP contribution < -0.4 is 0 Å². The van der Waals surface area contributed by atoms with Crippen molar-refractivity contribution < 1.29 is 0 Å². The normalized spacial score (nSPS) is 16.0. The van der Waals surface area contributed by atoms with Crippen LogP contribution in [0.5, 0.6) is 0 Å². The highest BCUT2D eigenvalue weighted by molar-refractivity contribution is 4.60. The lowest BCUT2D eigenvalue weighted by atomic mass is 9.89. The molecule has 0 saturated heterocycles. The summed E-state index contributed by atoms with van der Waals surface area (Å²) in [6.45, 7) is 9.36. The van der Waals surface area contributed by atoms with Crippen LogP contribution in [0.15, 0.2) is 0 Å². The van der Waals surface area contributed by atoms with Gasteiger partial charge >= 0.3 is 0 Å². The number of hydrogen-bond acceptors (Lipinski definition) is 0. The minimum atomic E-state index is 0.923. The molecule has 0 aliphatic rings. The van der Waals surface area contributed by atoms with Crippen molar-refractivity contribution in [1.29, 1.82) is 0 Å². The van der Waals surface area contributed by atoms with Crippen molar-refractivity contribution in [3.63, 3.8) is 0 Å². The second-order valence-electron chi connectivity index (χ2n) is 4.21. The zero-order valence-corrected chi connectivity index (χ0v) is 9.40. The van der Waals surface area contributed by atoms with Gasteiger partial charge in [-0.25, -0.2) is 0 Å². The molecule has 0 bridgehead atoms. The lowest BCUT2D eigenvalue weighted by molar-refractivity contribution is 0.343. The number of rotatable bonds is 7. The molecule has 0 aromatic carbocycles. The van der Waals surface area contributed by atoms with Gasteiger partial charge in [0.25, 0.3) is 0 Å². The van der Waals surface area contributed by atoms with E-state index in [2.05, 4.69) is 27.7 Å². The fraction of sp³-hybridized carbons (Fsp3) is 1.00. The summed E-state index contributed by atoms with van der Waals surface area (Å²) < 4.78 is 0. The summed E-state index contributed by atoms with van der Waals surface area (Å²) in [7, 11) is 0. The van der Waals surface area contributed by atoms with E-state index in [0.29, 0.717) is 0 Å². The highest BCUT2D eigenvalue weighted by atomic mass is 14.1. The minimum absolute atomic E-state index is 0.923. The summed E-state index contributed by atoms with van der Waals surface area (Å²) in [6.07, 6.45) is 8.45. The maximum absolute atomic E-state index is 2.40. The Bertz CT molecular complexity index is 86.0. The van der Waals surface area contributed by atoms with Crippen LogP contribution in [0.25, 0.3) is 0 Å². The monoisotopic (exact) mass is 170 g/mol. The zero-order chi connectivity index (χ0) is 9.40. The Hall–Kier alpha value is 0. The van der Waals surface area contributed by atoms with E-state index >= 15 is 0 Å². The van der Waals surface area contributed by atoms with E-state index in [4.69, 9.17) is 0 Å². The van der Waals surface area contributed by atoms with E-state index < -0.39 is 0 Å². The predicted molar refractivity (Wildman–Crippen MR) is 57.4 cm³/mol. The Morgan fingerprint density at radius 2 is 1.50 bits per heavy atom. The Morgan fingerprint density at radius 1 is 0.833 bits per heavy atom. The summed E-state index contributed by atoms with van der Waals surface area (Å²) in [5.41, 5.74) is 0. The van der Waals surface area contributed by atoms with Crippen LogP contribution in [-0.4, -0.2) is 0 Å². The van der Waals surface area contributed by atoms with Gasteiger partial charge in [0.15, 0.2) is 0 Å². The highest BCUT2D eigenvalue weighted by Crippen LogP contribution is 2.20. The third kappa shape index (κ3) is 5.62. The minimum Gasteiger partial charge on any atom is -0.0654 e. The van der Waals surface area contributed by atoms with Crippen molar-refractivity contribution in [1.82, 2.24) is 0 Å². The summed E-state index contributed by atoms with van der Waals surface area (Å²) in [5, 5.41) is 0. The first-order valence-corrected chi connectivity index (χ1v) is 5.72. The molecule has 0 spiro atoms. The van der Waals surface area contributed by atoms with E-state index in [9.17, 15) is 0 Å². The predicted octanol–water partition coefficient (Wildman–Crippen LogP) is 4.64. The molecular weight excluding hydrogens is 144 g/mol. The third-order valence-electron chi connectivity index (χ3n) is 3.13. The maximum atomic E-state index is 2.40. The topological polar surface area (TPSA) is 0 Å². The molecule has 0 radical (unpaired) electrons. The SMILES string of the molecule is CCCCCC[C@@H](C)[C@H](C)CC. The molecule has 0 N–H and O–H groups in total. The molecule has 0 aromatic heterocycles. The van der Waals surface area contributed by atoms with Crippen LogP contribution in [0.2, 0.25) is 0 Å². The lowest BCUT2D eigenvalue weighted by Crippen LogP contribution is -2.06. The molecule has 0 aromatic rings. The third-order valence-corrected chi connectivity index (χ3v) is 3.13. The van der Waals surface area contributed by atoms with Gasteiger partial charge in [0.05, 0.1) is 0 Å². The first-order chi connectivity index (χ1) is 5.72. The average Bonchev–Trinajstić information content (AvgIpc) is 2.10. The molecule has 74 valence electrons. The fourth-order valence-electron chi connectivity index (χ4n) is 1.58. The van der Waals surface area contributed by atoms with Crippen molar-refractivity contribution in [2.45, 2.75) is 66.2 Å². The molecule has 0 unspecified atom stereocenters. The van der Waals surface area contributed by atoms with Crippen molar-refractivity contribution in [3.8, 4) is 0 Å². The first kappa shape index (κ1) is 12.0. The molecule has 0 rings (SSSR count). The molecule has 0 saturated carbocycles. The molecule has 12 heavy (non-hydrogen) atoms. The highest BCUT2D eigenvalue weighted by Gasteiger charge is 2.08. The van der Waals surface area contributed by atoms with Crippen molar-refractivity contribution in [2.75, 3.05) is 0 Å². The standard InChI is InChI=1S/C12H26/c1-5-7-8-9-10-12(4)11(3)6-2/h11-12H,5-10H2,1-4H3/t11-,12-/m1/s1. The smallest absolute Gasteiger partial charge is 0.0417 e. The van der Waals surface area contributed by atoms with E-state index in [0.717, 1.165) is 11.8 Å².